The van der Waals surface area contributed by atoms with Crippen molar-refractivity contribution in [2.75, 3.05) is 22.2 Å². The molecule has 0 aliphatic carbocycles. The van der Waals surface area contributed by atoms with E-state index in [2.05, 4.69) is 38.5 Å². The van der Waals surface area contributed by atoms with Crippen LogP contribution in [0.4, 0.5) is 0 Å². The van der Waals surface area contributed by atoms with Crippen LogP contribution in [0, 0.1) is 59.2 Å². The fourth-order valence-electron chi connectivity index (χ4n) is 11.6. The minimum absolute atomic E-state index is 0.0126. The molecule has 5 saturated heterocycles. The predicted molar refractivity (Wildman–Crippen MR) is 353 cm³/mol. The van der Waals surface area contributed by atoms with Crippen LogP contribution >= 0.6 is 50.1 Å². The van der Waals surface area contributed by atoms with Gasteiger partial charge in [0.25, 0.3) is 0 Å². The molecule has 5 rings (SSSR count). The largest absolute Gasteiger partial charge is 0.463 e. The molecule has 97 heavy (non-hydrogen) atoms. The van der Waals surface area contributed by atoms with E-state index in [0.717, 1.165) is 4.43 Å². The first-order valence-electron chi connectivity index (χ1n) is 31.9. The van der Waals surface area contributed by atoms with Crippen molar-refractivity contribution >= 4 is 122 Å². The van der Waals surface area contributed by atoms with E-state index in [9.17, 15) is 57.5 Å². The van der Waals surface area contributed by atoms with Crippen molar-refractivity contribution in [3.63, 3.8) is 0 Å². The summed E-state index contributed by atoms with van der Waals surface area (Å²) in [6, 6.07) is 0. The van der Waals surface area contributed by atoms with Gasteiger partial charge in [0.1, 0.15) is 55.4 Å². The molecule has 0 aromatic carbocycles. The van der Waals surface area contributed by atoms with Crippen LogP contribution in [0.25, 0.3) is 0 Å². The Hall–Kier alpha value is -5.06. The molecule has 29 nitrogen and oxygen atoms in total. The summed E-state index contributed by atoms with van der Waals surface area (Å²) >= 11 is 11.4. The molecule has 0 bridgehead atoms. The molecule has 5 fully saturated rings. The summed E-state index contributed by atoms with van der Waals surface area (Å²) in [4.78, 5) is 134. The van der Waals surface area contributed by atoms with Gasteiger partial charge in [-0.15, -0.1) is 11.6 Å². The second-order valence-electron chi connectivity index (χ2n) is 24.7. The standard InChI is InChI=1S/C15H24O7.C14H22O7.C12H19BrO5.C12H19ClO5.C12H19IO5/c1-7-13(20-11(5)17)8(2)15(21-12(6)18)22-14(7)9(3)19-10(4)16;1-7-12(6-18-9(3)15)21-14(20-11(5)17)8(2)13(7)19-10(4)16;3*1-6-10(5-13)18-12(17-9(4)15)7(2)11(6)16-8(3)14/h7-9,13-15H,1-6H3;7-8,12-14H,6H2,1-5H3;3*6-7,10-12H,5H2,1-4H3/t7-,8-,9+,13+,14+,15?;7-,8+,12+,13-,14?;3*6-,7+,10+,11-,12?/m01111/s1. The second kappa shape index (κ2) is 43.6. The van der Waals surface area contributed by atoms with E-state index in [1.165, 1.54) is 83.1 Å². The number of alkyl halides is 3. The van der Waals surface area contributed by atoms with Crippen molar-refractivity contribution in [2.45, 2.75) is 258 Å². The summed E-state index contributed by atoms with van der Waals surface area (Å²) in [6.45, 7) is 36.2. The second-order valence-corrected chi connectivity index (χ2v) is 26.6. The molecule has 558 valence electrons. The Labute approximate surface area is 595 Å². The van der Waals surface area contributed by atoms with Crippen LogP contribution in [0.3, 0.4) is 0 Å². The van der Waals surface area contributed by atoms with Gasteiger partial charge in [-0.05, 0) is 6.92 Å². The molecule has 0 amide bonds. The Kier molecular flexibility index (Phi) is 40.4. The lowest BCUT2D eigenvalue weighted by Crippen LogP contribution is -2.55. The van der Waals surface area contributed by atoms with Gasteiger partial charge in [-0.3, -0.25) is 57.5 Å². The van der Waals surface area contributed by atoms with Crippen LogP contribution in [0.2, 0.25) is 0 Å². The molecule has 5 unspecified atom stereocenters. The van der Waals surface area contributed by atoms with Gasteiger partial charge >= 0.3 is 71.6 Å². The van der Waals surface area contributed by atoms with Crippen molar-refractivity contribution in [3.8, 4) is 0 Å². The van der Waals surface area contributed by atoms with Crippen molar-refractivity contribution in [1.29, 1.82) is 0 Å². The van der Waals surface area contributed by atoms with Crippen molar-refractivity contribution < 1.29 is 138 Å². The molecule has 5 aliphatic rings. The number of hydrogen-bond acceptors (Lipinski definition) is 29. The van der Waals surface area contributed by atoms with Gasteiger partial charge in [0.05, 0.1) is 47.9 Å². The summed E-state index contributed by atoms with van der Waals surface area (Å²) in [5.74, 6) is -6.31. The summed E-state index contributed by atoms with van der Waals surface area (Å²) in [7, 11) is 0. The molecular weight excluding hydrogens is 1490 g/mol. The molecule has 0 radical (unpaired) electrons. The zero-order valence-electron chi connectivity index (χ0n) is 59.8. The summed E-state index contributed by atoms with van der Waals surface area (Å²) in [5.41, 5.74) is 0. The molecule has 0 saturated carbocycles. The minimum Gasteiger partial charge on any atom is -0.463 e. The highest BCUT2D eigenvalue weighted by atomic mass is 127. The number of halogens is 3. The van der Waals surface area contributed by atoms with Crippen molar-refractivity contribution in [2.24, 2.45) is 59.2 Å². The van der Waals surface area contributed by atoms with E-state index in [1.54, 1.807) is 20.8 Å². The fraction of sp³-hybridized carbons (Fsp3) is 0.815. The van der Waals surface area contributed by atoms with E-state index in [1.807, 2.05) is 55.4 Å². The molecule has 0 N–H and O–H groups in total. The molecule has 5 heterocycles. The molecule has 32 heteroatoms. The molecule has 0 aromatic heterocycles. The third kappa shape index (κ3) is 30.4. The van der Waals surface area contributed by atoms with Crippen molar-refractivity contribution in [1.82, 2.24) is 0 Å². The van der Waals surface area contributed by atoms with Crippen LogP contribution in [-0.2, 0) is 138 Å². The lowest BCUT2D eigenvalue weighted by atomic mass is 9.83. The SMILES string of the molecule is CC(=O)OC1O[C@@H](CBr)[C@@H](C)[C@@H](OC(C)=O)[C@@H]1C.CC(=O)OC1O[C@@H](CCl)[C@@H](C)[C@@H](OC(C)=O)[C@@H]1C.CC(=O)OC1O[C@@H](CI)[C@@H](C)[C@@H](OC(C)=O)[C@@H]1C.CC(=O)OC1O[C@@H]([C@@H](C)OC(C)=O)[C@@H](C)[C@@H](OC(C)=O)[C@@H]1C.CC(=O)OC[C@@H]1OC(OC(C)=O)[C@@H](C)[C@H](OC(C)=O)[C@@H]1C. The Morgan fingerprint density at radius 3 is 0.856 bits per heavy atom. The van der Waals surface area contributed by atoms with Crippen LogP contribution in [0.15, 0.2) is 0 Å². The average Bonchev–Trinajstić information content (AvgIpc) is 0.852. The van der Waals surface area contributed by atoms with Gasteiger partial charge in [0.15, 0.2) is 0 Å². The molecule has 26 atom stereocenters. The molecule has 5 aliphatic heterocycles. The first-order chi connectivity index (χ1) is 44.9. The van der Waals surface area contributed by atoms with Gasteiger partial charge in [-0.25, -0.2) is 0 Å². The topological polar surface area (TPSA) is 362 Å². The minimum atomic E-state index is -0.860. The maximum atomic E-state index is 11.3. The molecular formula is C65H103BrClIO29. The number of carbonyl (C=O) groups excluding carboxylic acids is 12. The molecule has 0 aromatic rings. The van der Waals surface area contributed by atoms with Crippen LogP contribution in [0.5, 0.6) is 0 Å². The first kappa shape index (κ1) is 90.0. The van der Waals surface area contributed by atoms with Crippen LogP contribution in [0.1, 0.15) is 159 Å². The normalized spacial score (nSPS) is 34.4. The number of carbonyl (C=O) groups is 12. The number of hydrogen-bond donors (Lipinski definition) is 0. The summed E-state index contributed by atoms with van der Waals surface area (Å²) in [6.07, 6.45) is -7.90. The van der Waals surface area contributed by atoms with E-state index < -0.39 is 116 Å². The quantitative estimate of drug-likeness (QED) is 0.0576. The monoisotopic (exact) mass is 1590 g/mol. The first-order valence-corrected chi connectivity index (χ1v) is 35.1. The van der Waals surface area contributed by atoms with Crippen LogP contribution in [-0.4, -0.2) is 192 Å². The van der Waals surface area contributed by atoms with E-state index >= 15 is 0 Å². The maximum absolute atomic E-state index is 11.3. The Morgan fingerprint density at radius 1 is 0.340 bits per heavy atom. The van der Waals surface area contributed by atoms with Gasteiger partial charge in [-0.1, -0.05) is 108 Å². The highest BCUT2D eigenvalue weighted by Crippen LogP contribution is 2.39. The maximum Gasteiger partial charge on any atom is 0.304 e. The van der Waals surface area contributed by atoms with Gasteiger partial charge in [-0.2, -0.15) is 0 Å². The lowest BCUT2D eigenvalue weighted by molar-refractivity contribution is -0.272. The summed E-state index contributed by atoms with van der Waals surface area (Å²) < 4.78 is 91.6. The Bertz CT molecular complexity index is 2450. The lowest BCUT2D eigenvalue weighted by Gasteiger charge is -2.44. The summed E-state index contributed by atoms with van der Waals surface area (Å²) in [5, 5.41) is 0.594. The fourth-order valence-corrected chi connectivity index (χ4v) is 13.7. The smallest absolute Gasteiger partial charge is 0.304 e. The van der Waals surface area contributed by atoms with Gasteiger partial charge in [0.2, 0.25) is 31.5 Å². The van der Waals surface area contributed by atoms with Crippen LogP contribution < -0.4 is 0 Å². The zero-order chi connectivity index (χ0) is 74.8. The third-order valence-electron chi connectivity index (χ3n) is 16.4. The van der Waals surface area contributed by atoms with E-state index in [-0.39, 0.29) is 126 Å². The number of esters is 12. The third-order valence-corrected chi connectivity index (χ3v) is 18.2. The number of rotatable bonds is 17. The molecule has 0 spiro atoms. The average molecular weight is 1590 g/mol. The Morgan fingerprint density at radius 2 is 0.588 bits per heavy atom. The highest BCUT2D eigenvalue weighted by molar-refractivity contribution is 14.1. The van der Waals surface area contributed by atoms with Crippen molar-refractivity contribution in [3.05, 3.63) is 0 Å². The van der Waals surface area contributed by atoms with E-state index in [4.69, 9.17) is 92.1 Å². The Balaban J connectivity index is 0.000000608. The van der Waals surface area contributed by atoms with Gasteiger partial charge in [0, 0.05) is 128 Å². The van der Waals surface area contributed by atoms with Gasteiger partial charge < -0.3 is 80.5 Å². The number of ether oxygens (including phenoxy) is 17. The zero-order valence-corrected chi connectivity index (χ0v) is 64.3. The van der Waals surface area contributed by atoms with E-state index in [0.29, 0.717) is 5.33 Å². The predicted octanol–water partition coefficient (Wildman–Crippen LogP) is 7.97. The highest BCUT2D eigenvalue weighted by Gasteiger charge is 2.50.